The van der Waals surface area contributed by atoms with Gasteiger partial charge in [-0.05, 0) is 28.8 Å². The van der Waals surface area contributed by atoms with Crippen LogP contribution >= 0.6 is 11.6 Å². The zero-order valence-corrected chi connectivity index (χ0v) is 18.1. The predicted octanol–water partition coefficient (Wildman–Crippen LogP) is 2.90. The number of pyridine rings is 1. The summed E-state index contributed by atoms with van der Waals surface area (Å²) in [6.45, 7) is 0.345. The van der Waals surface area contributed by atoms with E-state index in [2.05, 4.69) is 10.3 Å². The first kappa shape index (κ1) is 22.1. The van der Waals surface area contributed by atoms with Crippen molar-refractivity contribution in [1.82, 2.24) is 15.2 Å². The number of rotatable bonds is 4. The van der Waals surface area contributed by atoms with Crippen LogP contribution in [0.2, 0.25) is 5.02 Å². The molecule has 1 atom stereocenters. The fraction of sp³-hybridized carbons (Fsp3) is 0.167. The van der Waals surface area contributed by atoms with Crippen LogP contribution in [0.3, 0.4) is 0 Å². The number of aromatic hydroxyl groups is 2. The molecule has 1 aromatic heterocycles. The Morgan fingerprint density at radius 1 is 1.15 bits per heavy atom. The third-order valence-electron chi connectivity index (χ3n) is 5.51. The van der Waals surface area contributed by atoms with E-state index in [0.717, 1.165) is 17.2 Å². The van der Waals surface area contributed by atoms with Crippen LogP contribution in [-0.4, -0.2) is 38.0 Å². The van der Waals surface area contributed by atoms with Gasteiger partial charge in [0.2, 0.25) is 5.91 Å². The Morgan fingerprint density at radius 3 is 2.61 bits per heavy atom. The number of aromatic nitrogens is 1. The minimum atomic E-state index is -0.828. The second-order valence-corrected chi connectivity index (χ2v) is 8.03. The summed E-state index contributed by atoms with van der Waals surface area (Å²) in [5.74, 6) is -1.72. The van der Waals surface area contributed by atoms with Crippen LogP contribution in [0.15, 0.2) is 54.7 Å². The maximum atomic E-state index is 13.4. The molecule has 0 radical (unpaired) electrons. The van der Waals surface area contributed by atoms with Crippen LogP contribution in [0.25, 0.3) is 0 Å². The number of hydrogen-bond donors (Lipinski definition) is 3. The minimum Gasteiger partial charge on any atom is -0.507 e. The maximum Gasteiger partial charge on any atom is 0.258 e. The zero-order valence-electron chi connectivity index (χ0n) is 17.3. The van der Waals surface area contributed by atoms with E-state index in [-0.39, 0.29) is 41.0 Å². The summed E-state index contributed by atoms with van der Waals surface area (Å²) in [5, 5.41) is 31.5. The SMILES string of the molecule is N#Cc1ccc(CNC(=O)[C@H]2Cc3ccccc3CN2C(=O)c2cc(Cl)c(O)cc2O)cn1. The molecule has 3 aromatic rings. The van der Waals surface area contributed by atoms with Gasteiger partial charge in [-0.15, -0.1) is 0 Å². The molecule has 0 saturated heterocycles. The monoisotopic (exact) mass is 462 g/mol. The lowest BCUT2D eigenvalue weighted by Crippen LogP contribution is -2.52. The Balaban J connectivity index is 1.60. The highest BCUT2D eigenvalue weighted by Crippen LogP contribution is 2.33. The number of halogens is 1. The number of amides is 2. The highest BCUT2D eigenvalue weighted by molar-refractivity contribution is 6.32. The molecule has 9 heteroatoms. The number of nitriles is 1. The Labute approximate surface area is 194 Å². The zero-order chi connectivity index (χ0) is 23.5. The summed E-state index contributed by atoms with van der Waals surface area (Å²) in [4.78, 5) is 31.9. The molecule has 1 aliphatic heterocycles. The van der Waals surface area contributed by atoms with Gasteiger partial charge in [-0.1, -0.05) is 41.9 Å². The molecule has 2 amide bonds. The van der Waals surface area contributed by atoms with Gasteiger partial charge in [-0.2, -0.15) is 5.26 Å². The molecule has 0 fully saturated rings. The van der Waals surface area contributed by atoms with Gasteiger partial charge < -0.3 is 20.4 Å². The third kappa shape index (κ3) is 4.59. The first-order valence-electron chi connectivity index (χ1n) is 10.1. The van der Waals surface area contributed by atoms with Gasteiger partial charge in [0.05, 0.1) is 10.6 Å². The van der Waals surface area contributed by atoms with Gasteiger partial charge in [0.1, 0.15) is 29.3 Å². The molecule has 0 bridgehead atoms. The van der Waals surface area contributed by atoms with Crippen LogP contribution in [-0.2, 0) is 24.3 Å². The number of fused-ring (bicyclic) bond motifs is 1. The van der Waals surface area contributed by atoms with Crippen LogP contribution in [0, 0.1) is 11.3 Å². The van der Waals surface area contributed by atoms with Crippen molar-refractivity contribution in [2.24, 2.45) is 0 Å². The molecule has 0 unspecified atom stereocenters. The number of nitrogens with zero attached hydrogens (tertiary/aromatic N) is 3. The third-order valence-corrected chi connectivity index (χ3v) is 5.82. The summed E-state index contributed by atoms with van der Waals surface area (Å²) in [6, 6.07) is 14.1. The van der Waals surface area contributed by atoms with E-state index in [0.29, 0.717) is 12.0 Å². The number of carbonyl (C=O) groups excluding carboxylic acids is 2. The number of phenolic OH excluding ortho intramolecular Hbond substituents is 2. The van der Waals surface area contributed by atoms with Crippen molar-refractivity contribution >= 4 is 23.4 Å². The second kappa shape index (κ2) is 9.18. The van der Waals surface area contributed by atoms with E-state index < -0.39 is 17.7 Å². The summed E-state index contributed by atoms with van der Waals surface area (Å²) in [7, 11) is 0. The second-order valence-electron chi connectivity index (χ2n) is 7.62. The molecule has 166 valence electrons. The Bertz CT molecular complexity index is 1270. The van der Waals surface area contributed by atoms with Crippen LogP contribution in [0.1, 0.15) is 32.7 Å². The summed E-state index contributed by atoms with van der Waals surface area (Å²) in [5.41, 5.74) is 2.73. The number of hydrogen-bond acceptors (Lipinski definition) is 6. The fourth-order valence-electron chi connectivity index (χ4n) is 3.75. The van der Waals surface area contributed by atoms with Crippen molar-refractivity contribution in [2.45, 2.75) is 25.6 Å². The van der Waals surface area contributed by atoms with Gasteiger partial charge in [0.25, 0.3) is 5.91 Å². The van der Waals surface area contributed by atoms with Gasteiger partial charge in [0.15, 0.2) is 0 Å². The molecule has 2 aromatic carbocycles. The van der Waals surface area contributed by atoms with E-state index in [4.69, 9.17) is 16.9 Å². The van der Waals surface area contributed by atoms with E-state index in [1.54, 1.807) is 12.1 Å². The number of nitrogens with one attached hydrogen (secondary N) is 1. The van der Waals surface area contributed by atoms with Crippen molar-refractivity contribution in [3.05, 3.63) is 87.7 Å². The Morgan fingerprint density at radius 2 is 1.91 bits per heavy atom. The summed E-state index contributed by atoms with van der Waals surface area (Å²) >= 11 is 5.95. The largest absolute Gasteiger partial charge is 0.507 e. The van der Waals surface area contributed by atoms with E-state index in [1.165, 1.54) is 17.2 Å². The standard InChI is InChI=1S/C24H19ClN4O4/c25-19-8-18(21(30)9-22(19)31)24(33)29-13-16-4-2-1-3-15(16)7-20(29)23(32)28-12-14-5-6-17(10-26)27-11-14/h1-6,8-9,11,20,30-31H,7,12-13H2,(H,28,32)/t20-/m1/s1. The lowest BCUT2D eigenvalue weighted by molar-refractivity contribution is -0.126. The number of benzene rings is 2. The molecule has 0 spiro atoms. The number of carbonyl (C=O) groups is 2. The van der Waals surface area contributed by atoms with Gasteiger partial charge in [-0.3, -0.25) is 9.59 Å². The summed E-state index contributed by atoms with van der Waals surface area (Å²) < 4.78 is 0. The summed E-state index contributed by atoms with van der Waals surface area (Å²) in [6.07, 6.45) is 1.81. The molecule has 2 heterocycles. The van der Waals surface area contributed by atoms with Crippen LogP contribution in [0.4, 0.5) is 0 Å². The average molecular weight is 463 g/mol. The molecule has 0 aliphatic carbocycles. The molecule has 0 saturated carbocycles. The van der Waals surface area contributed by atoms with E-state index in [9.17, 15) is 19.8 Å². The van der Waals surface area contributed by atoms with Crippen LogP contribution < -0.4 is 5.32 Å². The van der Waals surface area contributed by atoms with E-state index >= 15 is 0 Å². The molecule has 3 N–H and O–H groups in total. The molecule has 4 rings (SSSR count). The first-order chi connectivity index (χ1) is 15.9. The molecular weight excluding hydrogens is 444 g/mol. The van der Waals surface area contributed by atoms with Crippen molar-refractivity contribution in [3.8, 4) is 17.6 Å². The topological polar surface area (TPSA) is 127 Å². The molecule has 33 heavy (non-hydrogen) atoms. The molecule has 8 nitrogen and oxygen atoms in total. The molecular formula is C24H19ClN4O4. The van der Waals surface area contributed by atoms with Gasteiger partial charge in [-0.25, -0.2) is 4.98 Å². The lowest BCUT2D eigenvalue weighted by Gasteiger charge is -2.36. The van der Waals surface area contributed by atoms with Crippen molar-refractivity contribution in [2.75, 3.05) is 0 Å². The minimum absolute atomic E-state index is 0.0807. The fourth-order valence-corrected chi connectivity index (χ4v) is 3.91. The van der Waals surface area contributed by atoms with Crippen molar-refractivity contribution < 1.29 is 19.8 Å². The highest BCUT2D eigenvalue weighted by Gasteiger charge is 2.36. The normalized spacial score (nSPS) is 14.8. The Kier molecular flexibility index (Phi) is 6.16. The molecule has 1 aliphatic rings. The lowest BCUT2D eigenvalue weighted by atomic mass is 9.92. The predicted molar refractivity (Wildman–Crippen MR) is 119 cm³/mol. The van der Waals surface area contributed by atoms with Crippen LogP contribution in [0.5, 0.6) is 11.5 Å². The van der Waals surface area contributed by atoms with Crippen molar-refractivity contribution in [3.63, 3.8) is 0 Å². The number of phenols is 2. The smallest absolute Gasteiger partial charge is 0.258 e. The highest BCUT2D eigenvalue weighted by atomic mass is 35.5. The maximum absolute atomic E-state index is 13.4. The Hall–Kier alpha value is -4.09. The average Bonchev–Trinajstić information content (AvgIpc) is 2.83. The first-order valence-corrected chi connectivity index (χ1v) is 10.5. The van der Waals surface area contributed by atoms with Gasteiger partial charge >= 0.3 is 0 Å². The van der Waals surface area contributed by atoms with E-state index in [1.807, 2.05) is 30.3 Å². The van der Waals surface area contributed by atoms with Gasteiger partial charge in [0, 0.05) is 31.8 Å². The quantitative estimate of drug-likeness (QED) is 0.547. The van der Waals surface area contributed by atoms with Crippen molar-refractivity contribution in [1.29, 1.82) is 5.26 Å².